The van der Waals surface area contributed by atoms with Gasteiger partial charge in [0.05, 0.1) is 30.6 Å². The second kappa shape index (κ2) is 9.00. The highest BCUT2D eigenvalue weighted by Crippen LogP contribution is 2.60. The van der Waals surface area contributed by atoms with Crippen molar-refractivity contribution in [3.8, 4) is 0 Å². The number of para-hydroxylation sites is 1. The van der Waals surface area contributed by atoms with Gasteiger partial charge >= 0.3 is 0 Å². The molecule has 1 spiro atoms. The fourth-order valence-electron chi connectivity index (χ4n) is 5.80. The minimum atomic E-state index is -1.13. The fraction of sp³-hybridized carbons (Fsp3) is 0.625. The summed E-state index contributed by atoms with van der Waals surface area (Å²) in [5.41, 5.74) is 1.39. The molecular weight excluding hydrogens is 490 g/mol. The van der Waals surface area contributed by atoms with Crippen LogP contribution in [0.25, 0.3) is 0 Å². The van der Waals surface area contributed by atoms with Crippen LogP contribution in [0.15, 0.2) is 18.2 Å². The molecule has 180 valence electrons. The number of likely N-dealkylation sites (tertiary alicyclic amines) is 1. The third-order valence-corrected chi connectivity index (χ3v) is 8.14. The molecule has 7 atom stereocenters. The molecule has 3 amide bonds. The van der Waals surface area contributed by atoms with Gasteiger partial charge in [-0.25, -0.2) is 0 Å². The van der Waals surface area contributed by atoms with Crippen LogP contribution in [0.3, 0.4) is 0 Å². The lowest BCUT2D eigenvalue weighted by molar-refractivity contribution is -0.143. The Bertz CT molecular complexity index is 951. The highest BCUT2D eigenvalue weighted by Gasteiger charge is 2.76. The van der Waals surface area contributed by atoms with E-state index < -0.39 is 35.6 Å². The molecule has 4 rings (SSSR count). The van der Waals surface area contributed by atoms with E-state index in [0.29, 0.717) is 18.7 Å². The first kappa shape index (κ1) is 24.2. The molecular formula is C24H32BrN3O5. The summed E-state index contributed by atoms with van der Waals surface area (Å²) in [4.78, 5) is 41.9. The minimum absolute atomic E-state index is 0.154. The number of nitrogens with zero attached hydrogens (tertiary/aromatic N) is 1. The number of carbonyl (C=O) groups is 3. The van der Waals surface area contributed by atoms with Crippen molar-refractivity contribution in [3.05, 3.63) is 29.3 Å². The summed E-state index contributed by atoms with van der Waals surface area (Å²) in [6.45, 7) is 7.71. The SMILES string of the molecule is CCCNC(=O)[C@H]1[C@H]2C(=O)N([C@H](C)CO)C(C(=O)Nc3c(C)cccc3C)C23CC(Br)[C@@H]1O3. The summed E-state index contributed by atoms with van der Waals surface area (Å²) in [6, 6.07) is 4.20. The molecule has 3 fully saturated rings. The van der Waals surface area contributed by atoms with Crippen molar-refractivity contribution in [3.63, 3.8) is 0 Å². The van der Waals surface area contributed by atoms with Gasteiger partial charge in [-0.1, -0.05) is 41.1 Å². The number of benzene rings is 1. The first-order valence-corrected chi connectivity index (χ1v) is 12.5. The summed E-state index contributed by atoms with van der Waals surface area (Å²) < 4.78 is 6.42. The number of nitrogens with one attached hydrogen (secondary N) is 2. The molecule has 1 aromatic rings. The van der Waals surface area contributed by atoms with Gasteiger partial charge in [0.1, 0.15) is 11.6 Å². The first-order chi connectivity index (χ1) is 15.7. The molecule has 3 N–H and O–H groups in total. The van der Waals surface area contributed by atoms with Gasteiger partial charge in [-0.05, 0) is 44.7 Å². The number of aryl methyl sites for hydroxylation is 2. The maximum Gasteiger partial charge on any atom is 0.250 e. The number of hydrogen-bond acceptors (Lipinski definition) is 5. The number of rotatable bonds is 7. The Kier molecular flexibility index (Phi) is 6.59. The number of ether oxygens (including phenoxy) is 1. The molecule has 0 aliphatic carbocycles. The van der Waals surface area contributed by atoms with Gasteiger partial charge < -0.3 is 25.4 Å². The largest absolute Gasteiger partial charge is 0.394 e. The summed E-state index contributed by atoms with van der Waals surface area (Å²) >= 11 is 3.65. The van der Waals surface area contributed by atoms with Gasteiger partial charge in [0.2, 0.25) is 17.7 Å². The molecule has 9 heteroatoms. The zero-order valence-electron chi connectivity index (χ0n) is 19.4. The predicted octanol–water partition coefficient (Wildman–Crippen LogP) is 1.90. The van der Waals surface area contributed by atoms with Crippen LogP contribution in [0.4, 0.5) is 5.69 Å². The van der Waals surface area contributed by atoms with E-state index in [-0.39, 0.29) is 29.2 Å². The van der Waals surface area contributed by atoms with E-state index in [9.17, 15) is 19.5 Å². The quantitative estimate of drug-likeness (QED) is 0.475. The molecule has 0 saturated carbocycles. The van der Waals surface area contributed by atoms with Gasteiger partial charge in [0, 0.05) is 17.1 Å². The summed E-state index contributed by atoms with van der Waals surface area (Å²) in [5, 5.41) is 15.8. The van der Waals surface area contributed by atoms with Crippen molar-refractivity contribution in [2.75, 3.05) is 18.5 Å². The van der Waals surface area contributed by atoms with Crippen molar-refractivity contribution in [1.82, 2.24) is 10.2 Å². The van der Waals surface area contributed by atoms with E-state index in [4.69, 9.17) is 4.74 Å². The lowest BCUT2D eigenvalue weighted by Crippen LogP contribution is -2.56. The minimum Gasteiger partial charge on any atom is -0.394 e. The second-order valence-corrected chi connectivity index (χ2v) is 10.7. The van der Waals surface area contributed by atoms with Gasteiger partial charge in [0.25, 0.3) is 0 Å². The number of amides is 3. The average molecular weight is 522 g/mol. The van der Waals surface area contributed by atoms with Crippen molar-refractivity contribution < 1.29 is 24.2 Å². The summed E-state index contributed by atoms with van der Waals surface area (Å²) in [7, 11) is 0. The van der Waals surface area contributed by atoms with E-state index in [2.05, 4.69) is 26.6 Å². The van der Waals surface area contributed by atoms with E-state index in [1.807, 2.05) is 39.0 Å². The van der Waals surface area contributed by atoms with Crippen LogP contribution >= 0.6 is 15.9 Å². The van der Waals surface area contributed by atoms with Crippen molar-refractivity contribution >= 4 is 39.3 Å². The Labute approximate surface area is 202 Å². The summed E-state index contributed by atoms with van der Waals surface area (Å²) in [5.74, 6) is -2.35. The van der Waals surface area contributed by atoms with E-state index >= 15 is 0 Å². The molecule has 8 nitrogen and oxygen atoms in total. The van der Waals surface area contributed by atoms with E-state index in [1.165, 1.54) is 4.90 Å². The van der Waals surface area contributed by atoms with Crippen molar-refractivity contribution in [1.29, 1.82) is 0 Å². The molecule has 3 saturated heterocycles. The number of anilines is 1. The van der Waals surface area contributed by atoms with Crippen LogP contribution in [0.5, 0.6) is 0 Å². The Morgan fingerprint density at radius 2 is 1.97 bits per heavy atom. The average Bonchev–Trinajstić information content (AvgIpc) is 3.37. The van der Waals surface area contributed by atoms with Crippen molar-refractivity contribution in [2.45, 2.75) is 69.2 Å². The fourth-order valence-corrected chi connectivity index (χ4v) is 6.74. The monoisotopic (exact) mass is 521 g/mol. The normalized spacial score (nSPS) is 33.2. The van der Waals surface area contributed by atoms with Gasteiger partial charge in [-0.15, -0.1) is 0 Å². The van der Waals surface area contributed by atoms with Crippen LogP contribution in [0, 0.1) is 25.7 Å². The van der Waals surface area contributed by atoms with Crippen LogP contribution in [0.2, 0.25) is 0 Å². The maximum absolute atomic E-state index is 13.8. The molecule has 33 heavy (non-hydrogen) atoms. The molecule has 3 heterocycles. The number of halogens is 1. The van der Waals surface area contributed by atoms with Crippen LogP contribution in [-0.4, -0.2) is 69.5 Å². The molecule has 3 aliphatic rings. The van der Waals surface area contributed by atoms with E-state index in [0.717, 1.165) is 17.5 Å². The topological polar surface area (TPSA) is 108 Å². The van der Waals surface area contributed by atoms with Gasteiger partial charge in [0.15, 0.2) is 0 Å². The highest BCUT2D eigenvalue weighted by molar-refractivity contribution is 9.09. The second-order valence-electron chi connectivity index (χ2n) is 9.49. The lowest BCUT2D eigenvalue weighted by atomic mass is 9.70. The van der Waals surface area contributed by atoms with Crippen molar-refractivity contribution in [2.24, 2.45) is 11.8 Å². The number of hydrogen-bond donors (Lipinski definition) is 3. The smallest absolute Gasteiger partial charge is 0.250 e. The Balaban J connectivity index is 1.75. The Morgan fingerprint density at radius 1 is 1.30 bits per heavy atom. The predicted molar refractivity (Wildman–Crippen MR) is 127 cm³/mol. The summed E-state index contributed by atoms with van der Waals surface area (Å²) in [6.07, 6.45) is 0.725. The van der Waals surface area contributed by atoms with Gasteiger partial charge in [-0.2, -0.15) is 0 Å². The maximum atomic E-state index is 13.8. The molecule has 0 radical (unpaired) electrons. The Morgan fingerprint density at radius 3 is 2.58 bits per heavy atom. The molecule has 3 unspecified atom stereocenters. The van der Waals surface area contributed by atoms with Crippen LogP contribution < -0.4 is 10.6 Å². The third-order valence-electron chi connectivity index (χ3n) is 7.30. The number of carbonyl (C=O) groups excluding carboxylic acids is 3. The molecule has 0 aromatic heterocycles. The Hall–Kier alpha value is -1.97. The third kappa shape index (κ3) is 3.68. The molecule has 1 aromatic carbocycles. The highest BCUT2D eigenvalue weighted by atomic mass is 79.9. The number of aliphatic hydroxyl groups is 1. The zero-order chi connectivity index (χ0) is 24.1. The number of alkyl halides is 1. The lowest BCUT2D eigenvalue weighted by Gasteiger charge is -2.36. The van der Waals surface area contributed by atoms with E-state index in [1.54, 1.807) is 6.92 Å². The van der Waals surface area contributed by atoms with Crippen LogP contribution in [-0.2, 0) is 19.1 Å². The molecule has 3 aliphatic heterocycles. The number of fused-ring (bicyclic) bond motifs is 1. The van der Waals surface area contributed by atoms with Crippen LogP contribution in [0.1, 0.15) is 37.8 Å². The first-order valence-electron chi connectivity index (χ1n) is 11.6. The molecule has 2 bridgehead atoms. The van der Waals surface area contributed by atoms with Gasteiger partial charge in [-0.3, -0.25) is 14.4 Å². The zero-order valence-corrected chi connectivity index (χ0v) is 21.0. The standard InChI is InChI=1S/C24H32BrN3O5/c1-5-9-26-21(30)16-17-23(32)28(14(4)11-29)20(24(17)10-15(25)19(16)33-24)22(31)27-18-12(2)7-6-8-13(18)3/h6-8,14-17,19-20,29H,5,9-11H2,1-4H3,(H,26,30)(H,27,31)/t14-,15?,16+,17+,19+,20?,24?/m1/s1. The number of aliphatic hydroxyl groups excluding tert-OH is 1.